The van der Waals surface area contributed by atoms with E-state index in [0.29, 0.717) is 12.5 Å². The molecule has 0 radical (unpaired) electrons. The smallest absolute Gasteiger partial charge is 0.189 e. The fourth-order valence-electron chi connectivity index (χ4n) is 1.56. The minimum Gasteiger partial charge on any atom is -0.497 e. The van der Waals surface area contributed by atoms with E-state index in [0.717, 1.165) is 17.1 Å². The van der Waals surface area contributed by atoms with Gasteiger partial charge in [0.1, 0.15) is 11.5 Å². The van der Waals surface area contributed by atoms with Crippen molar-refractivity contribution in [3.63, 3.8) is 0 Å². The Morgan fingerprint density at radius 1 is 1.16 bits per heavy atom. The highest BCUT2D eigenvalue weighted by molar-refractivity contribution is 5.78. The van der Waals surface area contributed by atoms with Gasteiger partial charge in [-0.2, -0.15) is 0 Å². The van der Waals surface area contributed by atoms with Crippen molar-refractivity contribution >= 4 is 5.96 Å². The molecule has 5 nitrogen and oxygen atoms in total. The number of methoxy groups -OCH3 is 2. The van der Waals surface area contributed by atoms with Crippen LogP contribution in [0.2, 0.25) is 0 Å². The molecule has 0 unspecified atom stereocenters. The lowest BCUT2D eigenvalue weighted by atomic mass is 10.1. The first-order chi connectivity index (χ1) is 8.84. The molecule has 0 bridgehead atoms. The van der Waals surface area contributed by atoms with Gasteiger partial charge in [-0.25, -0.2) is 4.99 Å². The number of nitrogens with zero attached hydrogens (tertiary/aromatic N) is 1. The highest BCUT2D eigenvalue weighted by Crippen LogP contribution is 2.22. The Hall–Kier alpha value is -1.91. The van der Waals surface area contributed by atoms with Crippen LogP contribution >= 0.6 is 0 Å². The normalized spacial score (nSPS) is 12.2. The summed E-state index contributed by atoms with van der Waals surface area (Å²) in [4.78, 5) is 4.30. The van der Waals surface area contributed by atoms with Crippen LogP contribution in [0.4, 0.5) is 0 Å². The number of benzene rings is 1. The van der Waals surface area contributed by atoms with Crippen molar-refractivity contribution in [1.82, 2.24) is 5.32 Å². The van der Waals surface area contributed by atoms with Crippen molar-refractivity contribution in [3.05, 3.63) is 23.8 Å². The molecule has 0 saturated carbocycles. The second kappa shape index (κ2) is 6.31. The Morgan fingerprint density at radius 3 is 2.11 bits per heavy atom. The monoisotopic (exact) mass is 265 g/mol. The summed E-state index contributed by atoms with van der Waals surface area (Å²) in [7, 11) is 3.24. The molecule has 0 aliphatic rings. The van der Waals surface area contributed by atoms with Gasteiger partial charge < -0.3 is 20.5 Å². The number of rotatable bonds is 4. The molecule has 106 valence electrons. The maximum atomic E-state index is 5.83. The van der Waals surface area contributed by atoms with E-state index < -0.39 is 0 Å². The van der Waals surface area contributed by atoms with E-state index in [1.807, 2.05) is 39.0 Å². The van der Waals surface area contributed by atoms with E-state index in [1.165, 1.54) is 0 Å². The van der Waals surface area contributed by atoms with Gasteiger partial charge in [0, 0.05) is 11.6 Å². The first kappa shape index (κ1) is 15.1. The van der Waals surface area contributed by atoms with Gasteiger partial charge in [0.15, 0.2) is 5.96 Å². The Bertz CT molecular complexity index is 428. The Balaban J connectivity index is 2.79. The first-order valence-corrected chi connectivity index (χ1v) is 6.14. The Morgan fingerprint density at radius 2 is 1.68 bits per heavy atom. The molecular formula is C14H23N3O2. The van der Waals surface area contributed by atoms with Crippen molar-refractivity contribution in [2.24, 2.45) is 10.7 Å². The summed E-state index contributed by atoms with van der Waals surface area (Å²) >= 11 is 0. The van der Waals surface area contributed by atoms with Gasteiger partial charge >= 0.3 is 0 Å². The van der Waals surface area contributed by atoms with Crippen LogP contribution in [0.1, 0.15) is 26.3 Å². The fraction of sp³-hybridized carbons (Fsp3) is 0.500. The molecular weight excluding hydrogens is 242 g/mol. The second-order valence-electron chi connectivity index (χ2n) is 5.30. The molecule has 5 heteroatoms. The molecule has 1 aromatic carbocycles. The number of hydrogen-bond acceptors (Lipinski definition) is 3. The topological polar surface area (TPSA) is 68.9 Å². The SMILES string of the molecule is COc1cc(CN=C(N)NC(C)(C)C)cc(OC)c1. The van der Waals surface area contributed by atoms with Crippen molar-refractivity contribution in [3.8, 4) is 11.5 Å². The molecule has 1 aromatic rings. The van der Waals surface area contributed by atoms with Crippen LogP contribution < -0.4 is 20.5 Å². The van der Waals surface area contributed by atoms with Crippen molar-refractivity contribution in [2.75, 3.05) is 14.2 Å². The van der Waals surface area contributed by atoms with Crippen LogP contribution in [0.15, 0.2) is 23.2 Å². The van der Waals surface area contributed by atoms with Crippen LogP contribution in [-0.2, 0) is 6.54 Å². The van der Waals surface area contributed by atoms with Gasteiger partial charge in [0.25, 0.3) is 0 Å². The number of nitrogens with two attached hydrogens (primary N) is 1. The van der Waals surface area contributed by atoms with Crippen molar-refractivity contribution in [1.29, 1.82) is 0 Å². The highest BCUT2D eigenvalue weighted by Gasteiger charge is 2.09. The summed E-state index contributed by atoms with van der Waals surface area (Å²) in [6, 6.07) is 5.65. The second-order valence-corrected chi connectivity index (χ2v) is 5.30. The third kappa shape index (κ3) is 5.50. The summed E-state index contributed by atoms with van der Waals surface area (Å²) in [6.45, 7) is 6.57. The zero-order chi connectivity index (χ0) is 14.5. The van der Waals surface area contributed by atoms with Crippen molar-refractivity contribution < 1.29 is 9.47 Å². The molecule has 0 saturated heterocycles. The minimum absolute atomic E-state index is 0.0976. The number of nitrogens with one attached hydrogen (secondary N) is 1. The predicted molar refractivity (Wildman–Crippen MR) is 77.8 cm³/mol. The number of guanidine groups is 1. The Kier molecular flexibility index (Phi) is 5.03. The molecule has 0 spiro atoms. The molecule has 0 aliphatic heterocycles. The van der Waals surface area contributed by atoms with Crippen LogP contribution in [0.5, 0.6) is 11.5 Å². The highest BCUT2D eigenvalue weighted by atomic mass is 16.5. The van der Waals surface area contributed by atoms with E-state index >= 15 is 0 Å². The van der Waals surface area contributed by atoms with E-state index in [-0.39, 0.29) is 5.54 Å². The standard InChI is InChI=1S/C14H23N3O2/c1-14(2,3)17-13(15)16-9-10-6-11(18-4)8-12(7-10)19-5/h6-8H,9H2,1-5H3,(H3,15,16,17). The van der Waals surface area contributed by atoms with Crippen molar-refractivity contribution in [2.45, 2.75) is 32.9 Å². The minimum atomic E-state index is -0.0976. The van der Waals surface area contributed by atoms with Gasteiger partial charge in [0.05, 0.1) is 20.8 Å². The molecule has 0 aromatic heterocycles. The molecule has 3 N–H and O–H groups in total. The first-order valence-electron chi connectivity index (χ1n) is 6.14. The van der Waals surface area contributed by atoms with Crippen LogP contribution in [-0.4, -0.2) is 25.7 Å². The number of ether oxygens (including phenoxy) is 2. The summed E-state index contributed by atoms with van der Waals surface area (Å²) < 4.78 is 10.4. The predicted octanol–water partition coefficient (Wildman–Crippen LogP) is 1.91. The van der Waals surface area contributed by atoms with Crippen LogP contribution in [0.3, 0.4) is 0 Å². The lowest BCUT2D eigenvalue weighted by molar-refractivity contribution is 0.393. The zero-order valence-corrected chi connectivity index (χ0v) is 12.3. The lowest BCUT2D eigenvalue weighted by Gasteiger charge is -2.21. The van der Waals surface area contributed by atoms with Crippen LogP contribution in [0.25, 0.3) is 0 Å². The average Bonchev–Trinajstić information content (AvgIpc) is 2.33. The third-order valence-electron chi connectivity index (χ3n) is 2.35. The molecule has 0 fully saturated rings. The molecule has 0 amide bonds. The molecule has 19 heavy (non-hydrogen) atoms. The molecule has 0 aliphatic carbocycles. The molecule has 0 atom stereocenters. The van der Waals surface area contributed by atoms with E-state index in [4.69, 9.17) is 15.2 Å². The third-order valence-corrected chi connectivity index (χ3v) is 2.35. The van der Waals surface area contributed by atoms with Gasteiger partial charge in [-0.15, -0.1) is 0 Å². The zero-order valence-electron chi connectivity index (χ0n) is 12.3. The van der Waals surface area contributed by atoms with Gasteiger partial charge in [-0.1, -0.05) is 0 Å². The summed E-state index contributed by atoms with van der Waals surface area (Å²) in [6.07, 6.45) is 0. The fourth-order valence-corrected chi connectivity index (χ4v) is 1.56. The number of hydrogen-bond donors (Lipinski definition) is 2. The Labute approximate surface area is 114 Å². The summed E-state index contributed by atoms with van der Waals surface area (Å²) in [5.41, 5.74) is 6.71. The van der Waals surface area contributed by atoms with E-state index in [9.17, 15) is 0 Å². The van der Waals surface area contributed by atoms with E-state index in [1.54, 1.807) is 14.2 Å². The quantitative estimate of drug-likeness (QED) is 0.644. The molecule has 1 rings (SSSR count). The largest absolute Gasteiger partial charge is 0.497 e. The van der Waals surface area contributed by atoms with E-state index in [2.05, 4.69) is 10.3 Å². The number of aliphatic imine (C=N–C) groups is 1. The maximum Gasteiger partial charge on any atom is 0.189 e. The van der Waals surface area contributed by atoms with Gasteiger partial charge in [-0.3, -0.25) is 0 Å². The average molecular weight is 265 g/mol. The van der Waals surface area contributed by atoms with Crippen LogP contribution in [0, 0.1) is 0 Å². The van der Waals surface area contributed by atoms with Gasteiger partial charge in [-0.05, 0) is 38.5 Å². The summed E-state index contributed by atoms with van der Waals surface area (Å²) in [5.74, 6) is 1.91. The molecule has 0 heterocycles. The lowest BCUT2D eigenvalue weighted by Crippen LogP contribution is -2.44. The summed E-state index contributed by atoms with van der Waals surface area (Å²) in [5, 5.41) is 3.11. The maximum absolute atomic E-state index is 5.83. The van der Waals surface area contributed by atoms with Gasteiger partial charge in [0.2, 0.25) is 0 Å².